The molecule has 2 N–H and O–H groups in total. The minimum atomic E-state index is -1.00. The van der Waals surface area contributed by atoms with Crippen molar-refractivity contribution in [3.05, 3.63) is 24.3 Å². The third-order valence-corrected chi connectivity index (χ3v) is 10.6. The van der Waals surface area contributed by atoms with Crippen molar-refractivity contribution in [1.82, 2.24) is 0 Å². The van der Waals surface area contributed by atoms with Crippen molar-refractivity contribution in [2.24, 2.45) is 0 Å². The van der Waals surface area contributed by atoms with Gasteiger partial charge in [0.25, 0.3) is 0 Å². The van der Waals surface area contributed by atoms with Crippen LogP contribution in [0.2, 0.25) is 0 Å². The maximum Gasteiger partial charge on any atom is 0.306 e. The summed E-state index contributed by atoms with van der Waals surface area (Å²) in [6, 6.07) is 0. The molecule has 0 aromatic heterocycles. The molecule has 0 saturated carbocycles. The Hall–Kier alpha value is -1.82. The van der Waals surface area contributed by atoms with Gasteiger partial charge in [-0.2, -0.15) is 0 Å². The SMILES string of the molecule is CCCCCCCCC=CCCCCCCCC(=O)OCC1OC(OC)C(OC(=O)CCCCCCCC=CCCCCCCCC)C(OCCO)C1OCCO. The molecule has 0 radical (unpaired) electrons. The van der Waals surface area contributed by atoms with Gasteiger partial charge in [-0.15, -0.1) is 0 Å². The predicted octanol–water partition coefficient (Wildman–Crippen LogP) is 10.6. The lowest BCUT2D eigenvalue weighted by molar-refractivity contribution is -0.312. The molecule has 1 heterocycles. The molecule has 10 heteroatoms. The van der Waals surface area contributed by atoms with Gasteiger partial charge in [-0.25, -0.2) is 0 Å². The molecule has 1 aliphatic rings. The lowest BCUT2D eigenvalue weighted by Crippen LogP contribution is -2.62. The summed E-state index contributed by atoms with van der Waals surface area (Å²) in [4.78, 5) is 25.7. The van der Waals surface area contributed by atoms with Crippen molar-refractivity contribution in [3.8, 4) is 0 Å². The average molecular weight is 811 g/mol. The minimum Gasteiger partial charge on any atom is -0.463 e. The number of carbonyl (C=O) groups is 2. The summed E-state index contributed by atoms with van der Waals surface area (Å²) < 4.78 is 35.2. The molecule has 1 saturated heterocycles. The van der Waals surface area contributed by atoms with Gasteiger partial charge in [-0.3, -0.25) is 9.59 Å². The fourth-order valence-corrected chi connectivity index (χ4v) is 7.23. The Bertz CT molecular complexity index is 972. The highest BCUT2D eigenvalue weighted by Crippen LogP contribution is 2.30. The minimum absolute atomic E-state index is 0.0282. The van der Waals surface area contributed by atoms with E-state index in [9.17, 15) is 19.8 Å². The van der Waals surface area contributed by atoms with Crippen molar-refractivity contribution in [1.29, 1.82) is 0 Å². The maximum absolute atomic E-state index is 13.0. The molecule has 1 rings (SSSR count). The molecule has 57 heavy (non-hydrogen) atoms. The quantitative estimate of drug-likeness (QED) is 0.0350. The third-order valence-electron chi connectivity index (χ3n) is 10.6. The number of aliphatic hydroxyl groups is 2. The number of aliphatic hydroxyl groups excluding tert-OH is 2. The Kier molecular flexibility index (Phi) is 37.0. The van der Waals surface area contributed by atoms with Gasteiger partial charge in [0.2, 0.25) is 0 Å². The van der Waals surface area contributed by atoms with Gasteiger partial charge in [0.05, 0.1) is 26.4 Å². The largest absolute Gasteiger partial charge is 0.463 e. The van der Waals surface area contributed by atoms with E-state index in [0.717, 1.165) is 64.2 Å². The van der Waals surface area contributed by atoms with E-state index < -0.39 is 36.7 Å². The smallest absolute Gasteiger partial charge is 0.306 e. The van der Waals surface area contributed by atoms with Gasteiger partial charge in [-0.1, -0.05) is 141 Å². The van der Waals surface area contributed by atoms with Crippen LogP contribution in [0.5, 0.6) is 0 Å². The second kappa shape index (κ2) is 39.6. The van der Waals surface area contributed by atoms with Crippen LogP contribution < -0.4 is 0 Å². The Morgan fingerprint density at radius 3 is 1.37 bits per heavy atom. The van der Waals surface area contributed by atoms with Gasteiger partial charge in [-0.05, 0) is 64.2 Å². The molecule has 0 aromatic rings. The first kappa shape index (κ1) is 53.2. The third kappa shape index (κ3) is 29.1. The van der Waals surface area contributed by atoms with Crippen LogP contribution >= 0.6 is 0 Å². The normalized spacial score (nSPS) is 19.8. The topological polar surface area (TPSA) is 130 Å². The van der Waals surface area contributed by atoms with E-state index in [1.807, 2.05) is 0 Å². The van der Waals surface area contributed by atoms with Crippen LogP contribution in [0.25, 0.3) is 0 Å². The summed E-state index contributed by atoms with van der Waals surface area (Å²) in [5.74, 6) is -0.723. The number of allylic oxidation sites excluding steroid dienone is 4. The number of rotatable bonds is 40. The molecule has 5 atom stereocenters. The Morgan fingerprint density at radius 2 is 0.930 bits per heavy atom. The summed E-state index contributed by atoms with van der Waals surface area (Å²) >= 11 is 0. The summed E-state index contributed by atoms with van der Waals surface area (Å²) in [6.45, 7) is 3.81. The molecule has 1 fully saturated rings. The van der Waals surface area contributed by atoms with Crippen LogP contribution in [-0.4, -0.2) is 93.0 Å². The number of hydrogen-bond donors (Lipinski definition) is 2. The van der Waals surface area contributed by atoms with Gasteiger partial charge in [0.1, 0.15) is 24.9 Å². The summed E-state index contributed by atoms with van der Waals surface area (Å²) in [7, 11) is 1.45. The number of carbonyl (C=O) groups excluding carboxylic acids is 2. The molecular formula is C47H86O10. The van der Waals surface area contributed by atoms with E-state index >= 15 is 0 Å². The molecule has 5 unspecified atom stereocenters. The van der Waals surface area contributed by atoms with Crippen LogP contribution in [0, 0.1) is 0 Å². The van der Waals surface area contributed by atoms with E-state index in [-0.39, 0.29) is 45.4 Å². The lowest BCUT2D eigenvalue weighted by atomic mass is 9.98. The first-order valence-corrected chi connectivity index (χ1v) is 23.3. The van der Waals surface area contributed by atoms with Crippen LogP contribution in [-0.2, 0) is 38.0 Å². The molecule has 10 nitrogen and oxygen atoms in total. The first-order chi connectivity index (χ1) is 28.0. The molecule has 0 amide bonds. The molecule has 0 aliphatic carbocycles. The summed E-state index contributed by atoms with van der Waals surface area (Å²) in [5, 5.41) is 19.1. The van der Waals surface area contributed by atoms with Gasteiger partial charge < -0.3 is 38.6 Å². The zero-order valence-electron chi connectivity index (χ0n) is 36.7. The Labute approximate surface area is 348 Å². The maximum atomic E-state index is 13.0. The fraction of sp³-hybridized carbons (Fsp3) is 0.872. The Morgan fingerprint density at radius 1 is 0.526 bits per heavy atom. The second-order valence-electron chi connectivity index (χ2n) is 15.7. The zero-order chi connectivity index (χ0) is 41.4. The van der Waals surface area contributed by atoms with E-state index in [2.05, 4.69) is 38.2 Å². The van der Waals surface area contributed by atoms with Crippen molar-refractivity contribution < 1.29 is 48.2 Å². The molecule has 334 valence electrons. The van der Waals surface area contributed by atoms with Crippen LogP contribution in [0.3, 0.4) is 0 Å². The zero-order valence-corrected chi connectivity index (χ0v) is 36.7. The second-order valence-corrected chi connectivity index (χ2v) is 15.7. The lowest BCUT2D eigenvalue weighted by Gasteiger charge is -2.44. The first-order valence-electron chi connectivity index (χ1n) is 23.3. The number of unbranched alkanes of at least 4 members (excludes halogenated alkanes) is 22. The van der Waals surface area contributed by atoms with E-state index in [1.165, 1.54) is 103 Å². The van der Waals surface area contributed by atoms with Gasteiger partial charge in [0.15, 0.2) is 12.4 Å². The highest BCUT2D eigenvalue weighted by atomic mass is 16.7. The summed E-state index contributed by atoms with van der Waals surface area (Å²) in [6.07, 6.45) is 35.9. The number of esters is 2. The molecular weight excluding hydrogens is 725 g/mol. The highest BCUT2D eigenvalue weighted by molar-refractivity contribution is 5.70. The van der Waals surface area contributed by atoms with Gasteiger partial charge >= 0.3 is 11.9 Å². The van der Waals surface area contributed by atoms with Crippen LogP contribution in [0.4, 0.5) is 0 Å². The van der Waals surface area contributed by atoms with E-state index in [0.29, 0.717) is 12.8 Å². The van der Waals surface area contributed by atoms with E-state index in [4.69, 9.17) is 28.4 Å². The monoisotopic (exact) mass is 811 g/mol. The molecule has 0 aromatic carbocycles. The van der Waals surface area contributed by atoms with Gasteiger partial charge in [0, 0.05) is 20.0 Å². The van der Waals surface area contributed by atoms with E-state index in [1.54, 1.807) is 0 Å². The predicted molar refractivity (Wildman–Crippen MR) is 229 cm³/mol. The number of hydrogen-bond acceptors (Lipinski definition) is 10. The Balaban J connectivity index is 2.43. The average Bonchev–Trinajstić information content (AvgIpc) is 3.21. The number of methoxy groups -OCH3 is 1. The number of ether oxygens (including phenoxy) is 6. The van der Waals surface area contributed by atoms with Crippen molar-refractivity contribution in [2.45, 2.75) is 224 Å². The highest BCUT2D eigenvalue weighted by Gasteiger charge is 2.50. The fourth-order valence-electron chi connectivity index (χ4n) is 7.23. The van der Waals surface area contributed by atoms with Crippen molar-refractivity contribution in [2.75, 3.05) is 40.1 Å². The standard InChI is InChI=1S/C47H86O10/c1-4-6-8-10-12-14-16-18-20-22-24-26-28-30-32-34-42(50)55-40-41-44(53-38-36-48)45(54-39-37-49)46(47(52-3)56-41)57-43(51)35-33-31-29-27-25-23-21-19-17-15-13-11-9-7-5-2/h18-21,41,44-49H,4-17,22-40H2,1-3H3. The van der Waals surface area contributed by atoms with Crippen LogP contribution in [0.1, 0.15) is 194 Å². The summed E-state index contributed by atoms with van der Waals surface area (Å²) in [5.41, 5.74) is 0. The van der Waals surface area contributed by atoms with Crippen molar-refractivity contribution in [3.63, 3.8) is 0 Å². The molecule has 1 aliphatic heterocycles. The molecule has 0 bridgehead atoms. The van der Waals surface area contributed by atoms with Crippen LogP contribution in [0.15, 0.2) is 24.3 Å². The van der Waals surface area contributed by atoms with Crippen molar-refractivity contribution >= 4 is 11.9 Å². The molecule has 0 spiro atoms.